The number of rotatable bonds is 1. The van der Waals surface area contributed by atoms with Gasteiger partial charge >= 0.3 is 0 Å². The van der Waals surface area contributed by atoms with Gasteiger partial charge in [-0.25, -0.2) is 0 Å². The number of anilines is 1. The van der Waals surface area contributed by atoms with E-state index in [4.69, 9.17) is 5.26 Å². The highest BCUT2D eigenvalue weighted by Gasteiger charge is 2.17. The van der Waals surface area contributed by atoms with E-state index < -0.39 is 0 Å². The largest absolute Gasteiger partial charge is 0.362 e. The average molecular weight is 257 g/mol. The molecule has 0 unspecified atom stereocenters. The monoisotopic (exact) mass is 256 g/mol. The average Bonchev–Trinajstić information content (AvgIpc) is 2.72. The Bertz CT molecular complexity index is 347. The van der Waals surface area contributed by atoms with Gasteiger partial charge in [0.2, 0.25) is 0 Å². The van der Waals surface area contributed by atoms with Crippen molar-refractivity contribution in [2.45, 2.75) is 12.8 Å². The number of hydrogen-bond donors (Lipinski definition) is 0. The van der Waals surface area contributed by atoms with Gasteiger partial charge in [-0.15, -0.1) is 11.3 Å². The highest BCUT2D eigenvalue weighted by atomic mass is 79.9. The minimum absolute atomic E-state index is 0.786. The van der Waals surface area contributed by atoms with Crippen molar-refractivity contribution < 1.29 is 0 Å². The van der Waals surface area contributed by atoms with Crippen molar-refractivity contribution in [1.82, 2.24) is 0 Å². The summed E-state index contributed by atoms with van der Waals surface area (Å²) < 4.78 is 1.07. The molecule has 68 valence electrons. The highest BCUT2D eigenvalue weighted by molar-refractivity contribution is 9.10. The van der Waals surface area contributed by atoms with Gasteiger partial charge in [0.1, 0.15) is 15.9 Å². The van der Waals surface area contributed by atoms with E-state index in [9.17, 15) is 0 Å². The molecule has 0 saturated carbocycles. The van der Waals surface area contributed by atoms with E-state index in [0.717, 1.165) is 22.4 Å². The number of thiophene rings is 1. The molecule has 0 spiro atoms. The lowest BCUT2D eigenvalue weighted by atomic mass is 10.4. The Hall–Kier alpha value is -0.530. The fraction of sp³-hybridized carbons (Fsp3) is 0.444. The van der Waals surface area contributed by atoms with Crippen LogP contribution in [0.5, 0.6) is 0 Å². The Morgan fingerprint density at radius 1 is 1.46 bits per heavy atom. The zero-order chi connectivity index (χ0) is 9.26. The van der Waals surface area contributed by atoms with Crippen molar-refractivity contribution in [3.05, 3.63) is 15.4 Å². The van der Waals surface area contributed by atoms with Gasteiger partial charge in [-0.2, -0.15) is 5.26 Å². The maximum atomic E-state index is 8.74. The molecule has 13 heavy (non-hydrogen) atoms. The zero-order valence-electron chi connectivity index (χ0n) is 7.09. The Balaban J connectivity index is 2.29. The van der Waals surface area contributed by atoms with E-state index in [1.165, 1.54) is 17.8 Å². The maximum absolute atomic E-state index is 8.74. The molecule has 4 heteroatoms. The summed E-state index contributed by atoms with van der Waals surface area (Å²) in [6, 6.07) is 4.07. The topological polar surface area (TPSA) is 27.0 Å². The third-order valence-corrected chi connectivity index (χ3v) is 4.14. The fourth-order valence-corrected chi connectivity index (χ4v) is 3.32. The molecule has 0 aromatic carbocycles. The second-order valence-corrected chi connectivity index (χ2v) is 4.95. The predicted octanol–water partition coefficient (Wildman–Crippen LogP) is 2.98. The molecule has 1 saturated heterocycles. The molecular formula is C9H9BrN2S. The minimum Gasteiger partial charge on any atom is -0.362 e. The van der Waals surface area contributed by atoms with Crippen LogP contribution in [0.4, 0.5) is 5.00 Å². The number of nitrogens with zero attached hydrogens (tertiary/aromatic N) is 2. The summed E-state index contributed by atoms with van der Waals surface area (Å²) in [7, 11) is 0. The Labute approximate surface area is 89.9 Å². The molecule has 1 aliphatic rings. The molecule has 2 heterocycles. The molecular weight excluding hydrogens is 248 g/mol. The van der Waals surface area contributed by atoms with Crippen LogP contribution in [0.1, 0.15) is 17.7 Å². The van der Waals surface area contributed by atoms with Crippen molar-refractivity contribution in [1.29, 1.82) is 5.26 Å². The number of halogens is 1. The molecule has 0 amide bonds. The van der Waals surface area contributed by atoms with E-state index in [1.54, 1.807) is 11.3 Å². The Morgan fingerprint density at radius 2 is 2.15 bits per heavy atom. The number of nitriles is 1. The van der Waals surface area contributed by atoms with Crippen LogP contribution >= 0.6 is 27.3 Å². The van der Waals surface area contributed by atoms with E-state index in [-0.39, 0.29) is 0 Å². The van der Waals surface area contributed by atoms with Crippen LogP contribution in [0.25, 0.3) is 0 Å². The predicted molar refractivity (Wildman–Crippen MR) is 58.2 cm³/mol. The molecule has 0 radical (unpaired) electrons. The molecule has 2 nitrogen and oxygen atoms in total. The van der Waals surface area contributed by atoms with Crippen LogP contribution in [-0.4, -0.2) is 13.1 Å². The van der Waals surface area contributed by atoms with E-state index in [1.807, 2.05) is 6.07 Å². The summed E-state index contributed by atoms with van der Waals surface area (Å²) in [6.45, 7) is 2.26. The lowest BCUT2D eigenvalue weighted by Gasteiger charge is -2.14. The van der Waals surface area contributed by atoms with Gasteiger partial charge in [0.25, 0.3) is 0 Å². The Kier molecular flexibility index (Phi) is 2.56. The lowest BCUT2D eigenvalue weighted by molar-refractivity contribution is 0.949. The molecule has 0 N–H and O–H groups in total. The van der Waals surface area contributed by atoms with E-state index >= 15 is 0 Å². The minimum atomic E-state index is 0.786. The zero-order valence-corrected chi connectivity index (χ0v) is 9.49. The summed E-state index contributed by atoms with van der Waals surface area (Å²) in [5.74, 6) is 0. The maximum Gasteiger partial charge on any atom is 0.110 e. The first-order valence-corrected chi connectivity index (χ1v) is 5.86. The second-order valence-electron chi connectivity index (χ2n) is 3.07. The Morgan fingerprint density at radius 3 is 2.69 bits per heavy atom. The van der Waals surface area contributed by atoms with Gasteiger partial charge in [-0.1, -0.05) is 0 Å². The van der Waals surface area contributed by atoms with Crippen LogP contribution in [0.15, 0.2) is 10.5 Å². The lowest BCUT2D eigenvalue weighted by Crippen LogP contribution is -2.16. The van der Waals surface area contributed by atoms with Gasteiger partial charge in [-0.3, -0.25) is 0 Å². The van der Waals surface area contributed by atoms with Gasteiger partial charge in [-0.05, 0) is 34.8 Å². The molecule has 0 atom stereocenters. The molecule has 1 fully saturated rings. The SMILES string of the molecule is N#Cc1cc(Br)c(N2CCCC2)s1. The van der Waals surface area contributed by atoms with Gasteiger partial charge in [0, 0.05) is 13.1 Å². The molecule has 1 aromatic heterocycles. The summed E-state index contributed by atoms with van der Waals surface area (Å²) >= 11 is 5.06. The first-order valence-electron chi connectivity index (χ1n) is 4.25. The van der Waals surface area contributed by atoms with Crippen molar-refractivity contribution in [3.63, 3.8) is 0 Å². The quantitative estimate of drug-likeness (QED) is 0.773. The summed E-state index contributed by atoms with van der Waals surface area (Å²) in [4.78, 5) is 3.13. The third-order valence-electron chi connectivity index (χ3n) is 2.17. The molecule has 1 aliphatic heterocycles. The molecule has 0 bridgehead atoms. The fourth-order valence-electron chi connectivity index (χ4n) is 1.55. The van der Waals surface area contributed by atoms with Gasteiger partial charge < -0.3 is 4.90 Å². The van der Waals surface area contributed by atoms with Gasteiger partial charge in [0.15, 0.2) is 0 Å². The highest BCUT2D eigenvalue weighted by Crippen LogP contribution is 2.36. The normalized spacial score (nSPS) is 16.2. The van der Waals surface area contributed by atoms with Crippen LogP contribution in [0.2, 0.25) is 0 Å². The third kappa shape index (κ3) is 1.72. The molecule has 2 rings (SSSR count). The van der Waals surface area contributed by atoms with Crippen molar-refractivity contribution in [2.24, 2.45) is 0 Å². The number of hydrogen-bond acceptors (Lipinski definition) is 3. The van der Waals surface area contributed by atoms with Crippen LogP contribution in [0.3, 0.4) is 0 Å². The standard InChI is InChI=1S/C9H9BrN2S/c10-8-5-7(6-11)13-9(8)12-3-1-2-4-12/h5H,1-4H2. The smallest absolute Gasteiger partial charge is 0.110 e. The first-order chi connectivity index (χ1) is 6.31. The van der Waals surface area contributed by atoms with Crippen LogP contribution in [-0.2, 0) is 0 Å². The van der Waals surface area contributed by atoms with E-state index in [0.29, 0.717) is 0 Å². The molecule has 0 aliphatic carbocycles. The first kappa shape index (κ1) is 9.04. The van der Waals surface area contributed by atoms with Crippen molar-refractivity contribution in [2.75, 3.05) is 18.0 Å². The van der Waals surface area contributed by atoms with Crippen LogP contribution < -0.4 is 4.90 Å². The summed E-state index contributed by atoms with van der Waals surface area (Å²) in [5, 5.41) is 9.96. The van der Waals surface area contributed by atoms with Crippen molar-refractivity contribution >= 4 is 32.3 Å². The molecule has 1 aromatic rings. The summed E-state index contributed by atoms with van der Waals surface area (Å²) in [5.41, 5.74) is 0. The van der Waals surface area contributed by atoms with Crippen molar-refractivity contribution in [3.8, 4) is 6.07 Å². The second kappa shape index (κ2) is 3.69. The van der Waals surface area contributed by atoms with Crippen LogP contribution in [0, 0.1) is 11.3 Å². The van der Waals surface area contributed by atoms with Gasteiger partial charge in [0.05, 0.1) is 4.47 Å². The summed E-state index contributed by atoms with van der Waals surface area (Å²) in [6.07, 6.45) is 2.54. The van der Waals surface area contributed by atoms with E-state index in [2.05, 4.69) is 26.9 Å².